The molecule has 2 heterocycles. The van der Waals surface area contributed by atoms with Gasteiger partial charge in [-0.15, -0.1) is 0 Å². The number of nitrogens with zero attached hydrogens (tertiary/aromatic N) is 1. The molecule has 8 heteroatoms. The average Bonchev–Trinajstić information content (AvgIpc) is 2.93. The molecule has 0 aromatic carbocycles. The molecule has 3 amide bonds. The fraction of sp³-hybridized carbons (Fsp3) is 0.833. The molecular formula is C18H31N3O5. The number of rotatable bonds is 5. The number of ether oxygens (including phenoxy) is 2. The van der Waals surface area contributed by atoms with Crippen molar-refractivity contribution < 1.29 is 23.9 Å². The number of urea groups is 1. The average molecular weight is 369 g/mol. The van der Waals surface area contributed by atoms with Gasteiger partial charge in [0.2, 0.25) is 5.91 Å². The molecule has 0 aromatic heterocycles. The number of carbonyl (C=O) groups is 3. The number of amides is 3. The van der Waals surface area contributed by atoms with Crippen LogP contribution in [0, 0.1) is 5.41 Å². The van der Waals surface area contributed by atoms with Gasteiger partial charge in [-0.2, -0.15) is 0 Å². The lowest BCUT2D eigenvalue weighted by molar-refractivity contribution is -0.128. The second kappa shape index (κ2) is 8.81. The summed E-state index contributed by atoms with van der Waals surface area (Å²) >= 11 is 0. The molecule has 2 N–H and O–H groups in total. The van der Waals surface area contributed by atoms with Gasteiger partial charge in [0, 0.05) is 13.1 Å². The third-order valence-electron chi connectivity index (χ3n) is 4.59. The zero-order valence-electron chi connectivity index (χ0n) is 16.2. The molecule has 0 radical (unpaired) electrons. The van der Waals surface area contributed by atoms with Crippen LogP contribution in [0.4, 0.5) is 4.79 Å². The molecule has 0 saturated carbocycles. The molecule has 2 saturated heterocycles. The van der Waals surface area contributed by atoms with Crippen LogP contribution < -0.4 is 10.6 Å². The molecule has 0 aliphatic carbocycles. The number of carbonyl (C=O) groups excluding carboxylic acids is 3. The molecule has 0 spiro atoms. The van der Waals surface area contributed by atoms with Crippen LogP contribution in [0.1, 0.15) is 40.5 Å². The minimum Gasteiger partial charge on any atom is -0.378 e. The van der Waals surface area contributed by atoms with Gasteiger partial charge in [0.15, 0.2) is 5.78 Å². The van der Waals surface area contributed by atoms with Gasteiger partial charge in [0.1, 0.15) is 18.7 Å². The van der Waals surface area contributed by atoms with Gasteiger partial charge in [0.05, 0.1) is 19.3 Å². The lowest BCUT2D eigenvalue weighted by atomic mass is 9.87. The Kier molecular flexibility index (Phi) is 7.00. The third kappa shape index (κ3) is 5.67. The highest BCUT2D eigenvalue weighted by molar-refractivity contribution is 5.94. The van der Waals surface area contributed by atoms with E-state index >= 15 is 0 Å². The summed E-state index contributed by atoms with van der Waals surface area (Å²) in [5.74, 6) is -0.469. The van der Waals surface area contributed by atoms with Gasteiger partial charge < -0.3 is 25.0 Å². The van der Waals surface area contributed by atoms with Gasteiger partial charge in [0.25, 0.3) is 0 Å². The largest absolute Gasteiger partial charge is 0.378 e. The van der Waals surface area contributed by atoms with Crippen LogP contribution in [-0.4, -0.2) is 73.7 Å². The van der Waals surface area contributed by atoms with Crippen LogP contribution in [0.15, 0.2) is 0 Å². The Morgan fingerprint density at radius 2 is 1.92 bits per heavy atom. The number of hydrogen-bond donors (Lipinski definition) is 2. The maximum atomic E-state index is 12.8. The Balaban J connectivity index is 2.04. The summed E-state index contributed by atoms with van der Waals surface area (Å²) in [6.07, 6.45) is 0.797. The van der Waals surface area contributed by atoms with Gasteiger partial charge in [-0.3, -0.25) is 9.59 Å². The summed E-state index contributed by atoms with van der Waals surface area (Å²) in [4.78, 5) is 39.0. The summed E-state index contributed by atoms with van der Waals surface area (Å²) in [6, 6.07) is -1.63. The first-order valence-corrected chi connectivity index (χ1v) is 9.29. The fourth-order valence-electron chi connectivity index (χ4n) is 3.19. The van der Waals surface area contributed by atoms with E-state index in [2.05, 4.69) is 10.6 Å². The van der Waals surface area contributed by atoms with Gasteiger partial charge in [-0.25, -0.2) is 4.79 Å². The monoisotopic (exact) mass is 369 g/mol. The van der Waals surface area contributed by atoms with Crippen molar-refractivity contribution in [3.63, 3.8) is 0 Å². The molecule has 26 heavy (non-hydrogen) atoms. The summed E-state index contributed by atoms with van der Waals surface area (Å²) < 4.78 is 10.7. The maximum Gasteiger partial charge on any atom is 0.318 e. The molecule has 2 aliphatic heterocycles. The Labute approximate surface area is 155 Å². The molecule has 0 aromatic rings. The van der Waals surface area contributed by atoms with Gasteiger partial charge in [-0.05, 0) is 18.3 Å². The molecule has 0 bridgehead atoms. The van der Waals surface area contributed by atoms with Crippen LogP contribution in [0.25, 0.3) is 0 Å². The first-order chi connectivity index (χ1) is 12.2. The van der Waals surface area contributed by atoms with E-state index in [1.54, 1.807) is 4.90 Å². The normalized spacial score (nSPS) is 25.1. The smallest absolute Gasteiger partial charge is 0.318 e. The molecule has 2 fully saturated rings. The lowest BCUT2D eigenvalue weighted by Crippen LogP contribution is -2.57. The van der Waals surface area contributed by atoms with E-state index in [0.29, 0.717) is 39.1 Å². The topological polar surface area (TPSA) is 97.0 Å². The van der Waals surface area contributed by atoms with E-state index in [1.165, 1.54) is 0 Å². The SMILES string of the molecule is CCC1OCC(=O)C1NC(=O)[C@H](CC(C)(C)C)NC(=O)N1CCOCC1. The van der Waals surface area contributed by atoms with E-state index in [0.717, 1.165) is 0 Å². The number of ketones is 1. The van der Waals surface area contributed by atoms with E-state index in [-0.39, 0.29) is 35.8 Å². The molecule has 3 atom stereocenters. The standard InChI is InChI=1S/C18H31N3O5/c1-5-14-15(13(22)11-26-14)20-16(23)12(10-18(2,3)4)19-17(24)21-6-8-25-9-7-21/h12,14-15H,5-11H2,1-4H3,(H,19,24)(H,20,23)/t12-,14?,15?/m0/s1. The van der Waals surface area contributed by atoms with Crippen LogP contribution in [0.3, 0.4) is 0 Å². The molecule has 8 nitrogen and oxygen atoms in total. The number of nitrogens with one attached hydrogen (secondary N) is 2. The first kappa shape index (κ1) is 20.6. The number of hydrogen-bond acceptors (Lipinski definition) is 5. The van der Waals surface area contributed by atoms with Crippen molar-refractivity contribution in [1.82, 2.24) is 15.5 Å². The highest BCUT2D eigenvalue weighted by atomic mass is 16.5. The van der Waals surface area contributed by atoms with Crippen LogP contribution in [-0.2, 0) is 19.1 Å². The minimum atomic E-state index is -0.712. The van der Waals surface area contributed by atoms with Crippen molar-refractivity contribution in [3.8, 4) is 0 Å². The predicted octanol–water partition coefficient (Wildman–Crippen LogP) is 0.696. The predicted molar refractivity (Wildman–Crippen MR) is 95.8 cm³/mol. The van der Waals surface area contributed by atoms with E-state index in [4.69, 9.17) is 9.47 Å². The Bertz CT molecular complexity index is 525. The third-order valence-corrected chi connectivity index (χ3v) is 4.59. The Morgan fingerprint density at radius 3 is 2.50 bits per heavy atom. The zero-order valence-corrected chi connectivity index (χ0v) is 16.2. The lowest BCUT2D eigenvalue weighted by Gasteiger charge is -2.32. The molecule has 2 rings (SSSR count). The van der Waals surface area contributed by atoms with Crippen LogP contribution >= 0.6 is 0 Å². The highest BCUT2D eigenvalue weighted by Gasteiger charge is 2.38. The number of Topliss-reactive ketones (excluding diaryl/α,β-unsaturated/α-hetero) is 1. The maximum absolute atomic E-state index is 12.8. The van der Waals surface area contributed by atoms with Crippen molar-refractivity contribution in [1.29, 1.82) is 0 Å². The summed E-state index contributed by atoms with van der Waals surface area (Å²) in [7, 11) is 0. The molecule has 148 valence electrons. The highest BCUT2D eigenvalue weighted by Crippen LogP contribution is 2.22. The zero-order chi connectivity index (χ0) is 19.3. The summed E-state index contributed by atoms with van der Waals surface area (Å²) in [5.41, 5.74) is -0.166. The molecular weight excluding hydrogens is 338 g/mol. The number of morpholine rings is 1. The van der Waals surface area contributed by atoms with Crippen molar-refractivity contribution in [2.45, 2.75) is 58.7 Å². The Morgan fingerprint density at radius 1 is 1.27 bits per heavy atom. The quantitative estimate of drug-likeness (QED) is 0.743. The molecule has 2 unspecified atom stereocenters. The van der Waals surface area contributed by atoms with Crippen molar-refractivity contribution >= 4 is 17.7 Å². The Hall–Kier alpha value is -1.67. The van der Waals surface area contributed by atoms with Crippen molar-refractivity contribution in [2.24, 2.45) is 5.41 Å². The van der Waals surface area contributed by atoms with Crippen molar-refractivity contribution in [2.75, 3.05) is 32.9 Å². The molecule has 2 aliphatic rings. The van der Waals surface area contributed by atoms with Gasteiger partial charge >= 0.3 is 6.03 Å². The minimum absolute atomic E-state index is 0.0214. The van der Waals surface area contributed by atoms with E-state index in [1.807, 2.05) is 27.7 Å². The van der Waals surface area contributed by atoms with Gasteiger partial charge in [-0.1, -0.05) is 27.7 Å². The van der Waals surface area contributed by atoms with E-state index in [9.17, 15) is 14.4 Å². The van der Waals surface area contributed by atoms with Crippen LogP contribution in [0.5, 0.6) is 0 Å². The van der Waals surface area contributed by atoms with Crippen molar-refractivity contribution in [3.05, 3.63) is 0 Å². The second-order valence-electron chi connectivity index (χ2n) is 8.08. The first-order valence-electron chi connectivity index (χ1n) is 9.29. The van der Waals surface area contributed by atoms with E-state index < -0.39 is 12.1 Å². The second-order valence-corrected chi connectivity index (χ2v) is 8.08. The van der Waals surface area contributed by atoms with Crippen LogP contribution in [0.2, 0.25) is 0 Å². The fourth-order valence-corrected chi connectivity index (χ4v) is 3.19. The summed E-state index contributed by atoms with van der Waals surface area (Å²) in [5, 5.41) is 5.62. The summed E-state index contributed by atoms with van der Waals surface area (Å²) in [6.45, 7) is 9.95.